The summed E-state index contributed by atoms with van der Waals surface area (Å²) in [5.74, 6) is -1.30. The number of rotatable bonds is 2. The normalized spacial score (nSPS) is 26.4. The zero-order chi connectivity index (χ0) is 14.7. The van der Waals surface area contributed by atoms with E-state index in [0.29, 0.717) is 19.6 Å². The molecule has 2 fully saturated rings. The van der Waals surface area contributed by atoms with Crippen LogP contribution in [0.15, 0.2) is 0 Å². The van der Waals surface area contributed by atoms with E-state index in [9.17, 15) is 14.4 Å². The number of carboxylic acid groups (broad SMARTS) is 1. The Balaban J connectivity index is 2.12. The molecular formula is C12H19N3O5. The molecule has 0 saturated carbocycles. The summed E-state index contributed by atoms with van der Waals surface area (Å²) < 4.78 is 5.11. The Bertz CT molecular complexity index is 414. The quantitative estimate of drug-likeness (QED) is 0.685. The predicted molar refractivity (Wildman–Crippen MR) is 68.1 cm³/mol. The Morgan fingerprint density at radius 1 is 1.20 bits per heavy atom. The number of hydrogen-bond donors (Lipinski definition) is 2. The van der Waals surface area contributed by atoms with Gasteiger partial charge in [0.05, 0.1) is 13.2 Å². The molecule has 2 atom stereocenters. The first kappa shape index (κ1) is 14.6. The zero-order valence-electron chi connectivity index (χ0n) is 11.4. The number of carboxylic acids is 1. The molecule has 2 aliphatic heterocycles. The van der Waals surface area contributed by atoms with Crippen LogP contribution in [0.3, 0.4) is 0 Å². The van der Waals surface area contributed by atoms with Crippen LogP contribution in [0.5, 0.6) is 0 Å². The highest BCUT2D eigenvalue weighted by Gasteiger charge is 2.40. The van der Waals surface area contributed by atoms with Crippen LogP contribution in [0.2, 0.25) is 0 Å². The average molecular weight is 285 g/mol. The molecule has 8 heteroatoms. The molecule has 112 valence electrons. The third kappa shape index (κ3) is 2.69. The predicted octanol–water partition coefficient (Wildman–Crippen LogP) is -0.898. The third-order valence-corrected chi connectivity index (χ3v) is 3.71. The first-order valence-corrected chi connectivity index (χ1v) is 6.65. The lowest BCUT2D eigenvalue weighted by atomic mass is 10.2. The maximum atomic E-state index is 12.5. The number of carbonyl (C=O) groups excluding carboxylic acids is 2. The van der Waals surface area contributed by atoms with Gasteiger partial charge in [0.2, 0.25) is 5.91 Å². The van der Waals surface area contributed by atoms with E-state index in [0.717, 1.165) is 6.42 Å². The van der Waals surface area contributed by atoms with E-state index in [1.54, 1.807) is 0 Å². The number of nitrogens with one attached hydrogen (secondary N) is 1. The van der Waals surface area contributed by atoms with Crippen LogP contribution in [0.25, 0.3) is 0 Å². The summed E-state index contributed by atoms with van der Waals surface area (Å²) in [5, 5.41) is 11.7. The molecule has 0 aromatic heterocycles. The highest BCUT2D eigenvalue weighted by atomic mass is 16.5. The van der Waals surface area contributed by atoms with Crippen molar-refractivity contribution in [2.75, 3.05) is 33.4 Å². The van der Waals surface area contributed by atoms with Gasteiger partial charge < -0.3 is 25.0 Å². The molecule has 2 heterocycles. The van der Waals surface area contributed by atoms with E-state index in [1.165, 1.54) is 16.8 Å². The van der Waals surface area contributed by atoms with Crippen LogP contribution in [0.4, 0.5) is 4.79 Å². The van der Waals surface area contributed by atoms with Crippen molar-refractivity contribution < 1.29 is 24.2 Å². The Morgan fingerprint density at radius 3 is 2.55 bits per heavy atom. The molecule has 20 heavy (non-hydrogen) atoms. The Morgan fingerprint density at radius 2 is 1.90 bits per heavy atom. The van der Waals surface area contributed by atoms with E-state index in [4.69, 9.17) is 9.84 Å². The van der Waals surface area contributed by atoms with Crippen LogP contribution < -0.4 is 5.32 Å². The second-order valence-corrected chi connectivity index (χ2v) is 4.87. The van der Waals surface area contributed by atoms with Crippen molar-refractivity contribution in [2.45, 2.75) is 24.9 Å². The van der Waals surface area contributed by atoms with Gasteiger partial charge in [-0.2, -0.15) is 0 Å². The van der Waals surface area contributed by atoms with E-state index < -0.39 is 24.1 Å². The number of nitrogens with zero attached hydrogens (tertiary/aromatic N) is 2. The molecule has 2 saturated heterocycles. The van der Waals surface area contributed by atoms with Crippen LogP contribution in [0.1, 0.15) is 12.8 Å². The number of carbonyl (C=O) groups is 3. The molecule has 2 unspecified atom stereocenters. The zero-order valence-corrected chi connectivity index (χ0v) is 11.4. The minimum Gasteiger partial charge on any atom is -0.480 e. The highest BCUT2D eigenvalue weighted by molar-refractivity contribution is 5.89. The Labute approximate surface area is 116 Å². The molecule has 2 aliphatic rings. The van der Waals surface area contributed by atoms with Crippen molar-refractivity contribution in [2.24, 2.45) is 0 Å². The molecule has 0 aromatic carbocycles. The van der Waals surface area contributed by atoms with Crippen LogP contribution in [-0.2, 0) is 14.3 Å². The molecular weight excluding hydrogens is 266 g/mol. The van der Waals surface area contributed by atoms with E-state index >= 15 is 0 Å². The summed E-state index contributed by atoms with van der Waals surface area (Å²) in [5.41, 5.74) is 0. The first-order chi connectivity index (χ1) is 9.56. The minimum absolute atomic E-state index is 0.0143. The Hall–Kier alpha value is -1.83. The van der Waals surface area contributed by atoms with Gasteiger partial charge in [0.1, 0.15) is 6.04 Å². The van der Waals surface area contributed by atoms with Gasteiger partial charge in [-0.1, -0.05) is 0 Å². The summed E-state index contributed by atoms with van der Waals surface area (Å²) in [6, 6.07) is -1.89. The maximum absolute atomic E-state index is 12.5. The third-order valence-electron chi connectivity index (χ3n) is 3.71. The fourth-order valence-corrected chi connectivity index (χ4v) is 2.64. The van der Waals surface area contributed by atoms with Crippen molar-refractivity contribution in [1.29, 1.82) is 0 Å². The van der Waals surface area contributed by atoms with Crippen LogP contribution in [-0.4, -0.2) is 78.2 Å². The van der Waals surface area contributed by atoms with E-state index in [1.807, 2.05) is 0 Å². The van der Waals surface area contributed by atoms with Crippen LogP contribution in [0, 0.1) is 0 Å². The van der Waals surface area contributed by atoms with Gasteiger partial charge in [-0.15, -0.1) is 0 Å². The smallest absolute Gasteiger partial charge is 0.328 e. The number of ether oxygens (including phenoxy) is 1. The largest absolute Gasteiger partial charge is 0.480 e. The molecule has 2 N–H and O–H groups in total. The number of aliphatic carboxylic acids is 1. The highest BCUT2D eigenvalue weighted by Crippen LogP contribution is 2.21. The van der Waals surface area contributed by atoms with Gasteiger partial charge >= 0.3 is 12.0 Å². The number of morpholine rings is 1. The standard InChI is InChI=1S/C12H19N3O5/c1-13-10(16)8-3-2-4-14(8)12(19)15-5-6-20-7-9(15)11(17)18/h8-9H,2-7H2,1H3,(H,13,16)(H,17,18). The molecule has 0 aliphatic carbocycles. The molecule has 0 spiro atoms. The average Bonchev–Trinajstić information content (AvgIpc) is 2.95. The number of hydrogen-bond acceptors (Lipinski definition) is 4. The van der Waals surface area contributed by atoms with Crippen LogP contribution >= 0.6 is 0 Å². The second kappa shape index (κ2) is 6.08. The van der Waals surface area contributed by atoms with Gasteiger partial charge in [-0.05, 0) is 12.8 Å². The fourth-order valence-electron chi connectivity index (χ4n) is 2.64. The van der Waals surface area contributed by atoms with Gasteiger partial charge in [0.25, 0.3) is 0 Å². The topological polar surface area (TPSA) is 99.2 Å². The molecule has 0 bridgehead atoms. The summed E-state index contributed by atoms with van der Waals surface area (Å²) in [7, 11) is 1.53. The lowest BCUT2D eigenvalue weighted by molar-refractivity contribution is -0.147. The number of likely N-dealkylation sites (tertiary alicyclic amines) is 1. The van der Waals surface area contributed by atoms with Gasteiger partial charge in [0, 0.05) is 20.1 Å². The van der Waals surface area contributed by atoms with E-state index in [-0.39, 0.29) is 19.1 Å². The lowest BCUT2D eigenvalue weighted by Crippen LogP contribution is -2.58. The molecule has 2 rings (SSSR count). The van der Waals surface area contributed by atoms with Crippen molar-refractivity contribution in [3.63, 3.8) is 0 Å². The molecule has 3 amide bonds. The first-order valence-electron chi connectivity index (χ1n) is 6.65. The summed E-state index contributed by atoms with van der Waals surface area (Å²) >= 11 is 0. The van der Waals surface area contributed by atoms with Gasteiger partial charge in [-0.25, -0.2) is 9.59 Å². The van der Waals surface area contributed by atoms with E-state index in [2.05, 4.69) is 5.32 Å². The summed E-state index contributed by atoms with van der Waals surface area (Å²) in [6.45, 7) is 1.00. The van der Waals surface area contributed by atoms with Crippen molar-refractivity contribution in [1.82, 2.24) is 15.1 Å². The SMILES string of the molecule is CNC(=O)C1CCCN1C(=O)N1CCOCC1C(=O)O. The molecule has 0 aromatic rings. The van der Waals surface area contributed by atoms with Crippen molar-refractivity contribution in [3.05, 3.63) is 0 Å². The monoisotopic (exact) mass is 285 g/mol. The Kier molecular flexibility index (Phi) is 4.43. The number of likely N-dealkylation sites (N-methyl/N-ethyl adjacent to an activating group) is 1. The second-order valence-electron chi connectivity index (χ2n) is 4.87. The molecule has 8 nitrogen and oxygen atoms in total. The fraction of sp³-hybridized carbons (Fsp3) is 0.750. The van der Waals surface area contributed by atoms with Gasteiger partial charge in [-0.3, -0.25) is 4.79 Å². The maximum Gasteiger partial charge on any atom is 0.328 e. The molecule has 0 radical (unpaired) electrons. The number of amides is 3. The summed E-state index contributed by atoms with van der Waals surface area (Å²) in [6.07, 6.45) is 1.35. The lowest BCUT2D eigenvalue weighted by Gasteiger charge is -2.37. The van der Waals surface area contributed by atoms with Crippen molar-refractivity contribution >= 4 is 17.9 Å². The summed E-state index contributed by atoms with van der Waals surface area (Å²) in [4.78, 5) is 38.2. The minimum atomic E-state index is -1.09. The number of urea groups is 1. The van der Waals surface area contributed by atoms with Gasteiger partial charge in [0.15, 0.2) is 6.04 Å². The van der Waals surface area contributed by atoms with Crippen molar-refractivity contribution in [3.8, 4) is 0 Å².